The Labute approximate surface area is 293 Å². The predicted molar refractivity (Wildman–Crippen MR) is 180 cm³/mol. The van der Waals surface area contributed by atoms with E-state index in [2.05, 4.69) is 34.2 Å². The molecule has 1 saturated heterocycles. The summed E-state index contributed by atoms with van der Waals surface area (Å²) in [6.07, 6.45) is -4.96. The molecule has 0 radical (unpaired) electrons. The zero-order chi connectivity index (χ0) is 37.0. The van der Waals surface area contributed by atoms with Crippen molar-refractivity contribution in [1.29, 1.82) is 0 Å². The Morgan fingerprint density at radius 1 is 1.00 bits per heavy atom. The van der Waals surface area contributed by atoms with Gasteiger partial charge in [-0.15, -0.1) is 13.2 Å². The lowest BCUT2D eigenvalue weighted by Gasteiger charge is -2.39. The van der Waals surface area contributed by atoms with E-state index in [9.17, 15) is 36.0 Å². The lowest BCUT2D eigenvalue weighted by atomic mass is 10.0. The van der Waals surface area contributed by atoms with Gasteiger partial charge in [-0.1, -0.05) is 49.4 Å². The van der Waals surface area contributed by atoms with Crippen molar-refractivity contribution in [2.24, 2.45) is 0 Å². The maximum atomic E-state index is 13.8. The lowest BCUT2D eigenvalue weighted by molar-refractivity contribution is -0.274. The number of esters is 1. The summed E-state index contributed by atoms with van der Waals surface area (Å²) in [4.78, 5) is 44.9. The van der Waals surface area contributed by atoms with Crippen LogP contribution in [0, 0.1) is 6.92 Å². The molecule has 272 valence electrons. The van der Waals surface area contributed by atoms with E-state index in [0.717, 1.165) is 51.0 Å². The second kappa shape index (κ2) is 15.3. The van der Waals surface area contributed by atoms with Crippen LogP contribution in [-0.4, -0.2) is 79.7 Å². The maximum absolute atomic E-state index is 13.8. The van der Waals surface area contributed by atoms with Crippen molar-refractivity contribution in [3.8, 4) is 5.75 Å². The summed E-state index contributed by atoms with van der Waals surface area (Å²) in [5.74, 6) is -2.05. The van der Waals surface area contributed by atoms with Crippen LogP contribution in [0.15, 0.2) is 53.4 Å². The van der Waals surface area contributed by atoms with Gasteiger partial charge in [-0.3, -0.25) is 14.4 Å². The summed E-state index contributed by atoms with van der Waals surface area (Å²) < 4.78 is 75.8. The molecule has 0 bridgehead atoms. The zero-order valence-electron chi connectivity index (χ0n) is 28.5. The van der Waals surface area contributed by atoms with E-state index in [0.29, 0.717) is 16.7 Å². The van der Waals surface area contributed by atoms with Crippen LogP contribution in [0.3, 0.4) is 0 Å². The SMILES string of the molecule is Cc1nc(N2CCN(S(=O)(=O)c3ccc(OC(F)(F)F)cc3)C(C(=O)NCc3ccc(C(C)C)cc3)C2)sc1C(=O)NCC(=O)OC(C)(C)C. The van der Waals surface area contributed by atoms with Gasteiger partial charge in [-0.05, 0) is 69.0 Å². The highest BCUT2D eigenvalue weighted by atomic mass is 32.2. The van der Waals surface area contributed by atoms with E-state index in [4.69, 9.17) is 4.74 Å². The predicted octanol–water partition coefficient (Wildman–Crippen LogP) is 4.74. The van der Waals surface area contributed by atoms with E-state index in [1.54, 1.807) is 32.6 Å². The number of sulfonamides is 1. The molecule has 2 heterocycles. The van der Waals surface area contributed by atoms with Crippen molar-refractivity contribution in [1.82, 2.24) is 19.9 Å². The number of ether oxygens (including phenoxy) is 2. The minimum absolute atomic E-state index is 0.0842. The third-order valence-corrected chi connectivity index (χ3v) is 10.6. The number of nitrogens with zero attached hydrogens (tertiary/aromatic N) is 3. The van der Waals surface area contributed by atoms with Gasteiger partial charge < -0.3 is 25.0 Å². The van der Waals surface area contributed by atoms with E-state index >= 15 is 0 Å². The fourth-order valence-electron chi connectivity index (χ4n) is 5.06. The highest BCUT2D eigenvalue weighted by Gasteiger charge is 2.41. The van der Waals surface area contributed by atoms with Crippen LogP contribution in [0.4, 0.5) is 18.3 Å². The maximum Gasteiger partial charge on any atom is 0.573 e. The summed E-state index contributed by atoms with van der Waals surface area (Å²) in [6, 6.07) is 10.1. The number of halogens is 3. The van der Waals surface area contributed by atoms with Crippen molar-refractivity contribution < 1.29 is 45.4 Å². The average molecular weight is 740 g/mol. The van der Waals surface area contributed by atoms with Crippen LogP contribution in [0.5, 0.6) is 5.75 Å². The largest absolute Gasteiger partial charge is 0.573 e. The molecule has 0 saturated carbocycles. The third kappa shape index (κ3) is 10.2. The zero-order valence-corrected chi connectivity index (χ0v) is 30.1. The van der Waals surface area contributed by atoms with Gasteiger partial charge in [0, 0.05) is 26.2 Å². The molecule has 4 rings (SSSR count). The van der Waals surface area contributed by atoms with Crippen LogP contribution in [0.2, 0.25) is 0 Å². The second-order valence-corrected chi connectivity index (χ2v) is 15.8. The quantitative estimate of drug-likeness (QED) is 0.266. The van der Waals surface area contributed by atoms with Crippen LogP contribution in [0.1, 0.15) is 67.0 Å². The first-order valence-corrected chi connectivity index (χ1v) is 18.0. The van der Waals surface area contributed by atoms with Crippen LogP contribution >= 0.6 is 11.3 Å². The number of rotatable bonds is 11. The first-order chi connectivity index (χ1) is 23.2. The second-order valence-electron chi connectivity index (χ2n) is 12.9. The normalized spacial score (nSPS) is 15.9. The molecule has 0 aliphatic carbocycles. The Kier molecular flexibility index (Phi) is 11.8. The number of anilines is 1. The van der Waals surface area contributed by atoms with Gasteiger partial charge in [-0.25, -0.2) is 13.4 Å². The molecule has 12 nitrogen and oxygen atoms in total. The summed E-state index contributed by atoms with van der Waals surface area (Å²) in [6.45, 7) is 10.4. The molecule has 1 aromatic heterocycles. The first kappa shape index (κ1) is 38.6. The Morgan fingerprint density at radius 3 is 2.22 bits per heavy atom. The summed E-state index contributed by atoms with van der Waals surface area (Å²) >= 11 is 1.02. The number of thiazole rings is 1. The fraction of sp³-hybridized carbons (Fsp3) is 0.455. The molecule has 1 unspecified atom stereocenters. The van der Waals surface area contributed by atoms with Gasteiger partial charge in [-0.2, -0.15) is 4.31 Å². The molecular formula is C33H40F3N5O7S2. The third-order valence-electron chi connectivity index (χ3n) is 7.49. The molecule has 50 heavy (non-hydrogen) atoms. The molecule has 2 aromatic carbocycles. The summed E-state index contributed by atoms with van der Waals surface area (Å²) in [5.41, 5.74) is 1.55. The number of benzene rings is 2. The van der Waals surface area contributed by atoms with Crippen LogP contribution < -0.4 is 20.3 Å². The average Bonchev–Trinajstić information content (AvgIpc) is 3.42. The minimum atomic E-state index is -4.96. The van der Waals surface area contributed by atoms with Crippen LogP contribution in [-0.2, 0) is 30.9 Å². The van der Waals surface area contributed by atoms with Gasteiger partial charge >= 0.3 is 12.3 Å². The molecule has 0 spiro atoms. The fourth-order valence-corrected chi connectivity index (χ4v) is 7.64. The Balaban J connectivity index is 1.56. The molecule has 2 amide bonds. The Morgan fingerprint density at radius 2 is 1.64 bits per heavy atom. The highest BCUT2D eigenvalue weighted by Crippen LogP contribution is 2.31. The number of aromatic nitrogens is 1. The molecule has 3 aromatic rings. The van der Waals surface area contributed by atoms with E-state index < -0.39 is 51.6 Å². The smallest absolute Gasteiger partial charge is 0.459 e. The molecule has 1 atom stereocenters. The van der Waals surface area contributed by atoms with Gasteiger partial charge in [0.25, 0.3) is 5.91 Å². The summed E-state index contributed by atoms with van der Waals surface area (Å²) in [5, 5.41) is 5.70. The van der Waals surface area contributed by atoms with Crippen molar-refractivity contribution in [2.45, 2.75) is 76.9 Å². The van der Waals surface area contributed by atoms with E-state index in [-0.39, 0.29) is 42.5 Å². The number of nitrogens with one attached hydrogen (secondary N) is 2. The van der Waals surface area contributed by atoms with Gasteiger partial charge in [0.15, 0.2) is 5.13 Å². The van der Waals surface area contributed by atoms with E-state index in [1.807, 2.05) is 24.3 Å². The Bertz CT molecular complexity index is 1790. The molecule has 1 aliphatic rings. The lowest BCUT2D eigenvalue weighted by Crippen LogP contribution is -2.60. The molecular weight excluding hydrogens is 700 g/mol. The van der Waals surface area contributed by atoms with E-state index in [1.165, 1.54) is 0 Å². The van der Waals surface area contributed by atoms with Crippen molar-refractivity contribution in [3.05, 3.63) is 70.2 Å². The number of hydrogen-bond acceptors (Lipinski definition) is 10. The number of piperazine rings is 1. The summed E-state index contributed by atoms with van der Waals surface area (Å²) in [7, 11) is -4.38. The first-order valence-electron chi connectivity index (χ1n) is 15.7. The molecule has 2 N–H and O–H groups in total. The number of carbonyl (C=O) groups is 3. The van der Waals surface area contributed by atoms with Crippen LogP contribution in [0.25, 0.3) is 0 Å². The number of hydrogen-bond donors (Lipinski definition) is 2. The number of carbonyl (C=O) groups excluding carboxylic acids is 3. The van der Waals surface area contributed by atoms with Crippen molar-refractivity contribution >= 4 is 44.3 Å². The standard InChI is InChI=1S/C33H40F3N5O7S2/c1-20(2)23-9-7-22(8-10-23)17-37-29(43)26-19-40(31-39-21(3)28(49-31)30(44)38-18-27(42)48-32(4,5)6)15-16-41(26)50(45,46)25-13-11-24(12-14-25)47-33(34,35)36/h7-14,20,26H,15-19H2,1-6H3,(H,37,43)(H,38,44). The molecule has 17 heteroatoms. The van der Waals surface area contributed by atoms with Crippen molar-refractivity contribution in [3.63, 3.8) is 0 Å². The van der Waals surface area contributed by atoms with Gasteiger partial charge in [0.05, 0.1) is 10.6 Å². The topological polar surface area (TPSA) is 147 Å². The molecule has 1 fully saturated rings. The highest BCUT2D eigenvalue weighted by molar-refractivity contribution is 7.89. The van der Waals surface area contributed by atoms with Gasteiger partial charge in [0.1, 0.15) is 28.8 Å². The molecule has 1 aliphatic heterocycles. The Hall–Kier alpha value is -4.22. The minimum Gasteiger partial charge on any atom is -0.459 e. The monoisotopic (exact) mass is 739 g/mol. The van der Waals surface area contributed by atoms with Crippen molar-refractivity contribution in [2.75, 3.05) is 31.1 Å². The number of aryl methyl sites for hydroxylation is 1. The number of amides is 2. The van der Waals surface area contributed by atoms with Gasteiger partial charge in [0.2, 0.25) is 15.9 Å². The number of alkyl halides is 3.